The van der Waals surface area contributed by atoms with Crippen LogP contribution in [0.15, 0.2) is 18.2 Å². The lowest BCUT2D eigenvalue weighted by atomic mass is 9.84. The molecule has 1 aliphatic rings. The highest BCUT2D eigenvalue weighted by molar-refractivity contribution is 5.30. The van der Waals surface area contributed by atoms with Crippen LogP contribution in [0, 0.1) is 5.82 Å². The van der Waals surface area contributed by atoms with E-state index in [1.165, 1.54) is 0 Å². The van der Waals surface area contributed by atoms with Crippen LogP contribution in [-0.2, 0) is 6.18 Å². The van der Waals surface area contributed by atoms with E-state index < -0.39 is 29.3 Å². The van der Waals surface area contributed by atoms with Crippen LogP contribution in [0.3, 0.4) is 0 Å². The first-order chi connectivity index (χ1) is 9.74. The highest BCUT2D eigenvalue weighted by atomic mass is 19.4. The molecule has 0 heterocycles. The molecule has 0 saturated heterocycles. The number of alkyl halides is 3. The van der Waals surface area contributed by atoms with Crippen LogP contribution >= 0.6 is 0 Å². The number of hydrogen-bond acceptors (Lipinski definition) is 2. The molecule has 1 fully saturated rings. The largest absolute Gasteiger partial charge is 0.419 e. The van der Waals surface area contributed by atoms with Crippen LogP contribution < -0.4 is 0 Å². The highest BCUT2D eigenvalue weighted by Crippen LogP contribution is 2.39. The Bertz CT molecular complexity index is 491. The second-order valence-corrected chi connectivity index (χ2v) is 5.66. The van der Waals surface area contributed by atoms with Crippen LogP contribution in [0.5, 0.6) is 0 Å². The summed E-state index contributed by atoms with van der Waals surface area (Å²) in [4.78, 5) is 0. The minimum Gasteiger partial charge on any atom is -0.387 e. The lowest BCUT2D eigenvalue weighted by Crippen LogP contribution is -2.36. The fraction of sp³-hybridized carbons (Fsp3) is 0.600. The highest BCUT2D eigenvalue weighted by Gasteiger charge is 2.39. The van der Waals surface area contributed by atoms with Gasteiger partial charge in [-0.15, -0.1) is 0 Å². The summed E-state index contributed by atoms with van der Waals surface area (Å²) in [7, 11) is 0. The Labute approximate surface area is 120 Å². The molecule has 0 bridgehead atoms. The summed E-state index contributed by atoms with van der Waals surface area (Å²) < 4.78 is 51.4. The van der Waals surface area contributed by atoms with Gasteiger partial charge >= 0.3 is 6.18 Å². The second kappa shape index (κ2) is 5.93. The van der Waals surface area contributed by atoms with E-state index in [2.05, 4.69) is 0 Å². The van der Waals surface area contributed by atoms with Gasteiger partial charge in [-0.3, -0.25) is 0 Å². The fourth-order valence-corrected chi connectivity index (χ4v) is 2.85. The topological polar surface area (TPSA) is 40.5 Å². The van der Waals surface area contributed by atoms with Crippen LogP contribution in [0.25, 0.3) is 0 Å². The summed E-state index contributed by atoms with van der Waals surface area (Å²) in [5.41, 5.74) is -2.97. The zero-order chi connectivity index (χ0) is 15.7. The average molecular weight is 306 g/mol. The van der Waals surface area contributed by atoms with Crippen molar-refractivity contribution in [3.05, 3.63) is 35.1 Å². The van der Waals surface area contributed by atoms with Gasteiger partial charge in [-0.25, -0.2) is 4.39 Å². The Balaban J connectivity index is 2.32. The van der Waals surface area contributed by atoms with Crippen molar-refractivity contribution in [2.75, 3.05) is 0 Å². The van der Waals surface area contributed by atoms with Gasteiger partial charge in [-0.05, 0) is 30.5 Å². The molecule has 0 radical (unpaired) electrons. The minimum atomic E-state index is -4.83. The Morgan fingerprint density at radius 3 is 2.14 bits per heavy atom. The molecule has 118 valence electrons. The van der Waals surface area contributed by atoms with E-state index in [0.717, 1.165) is 18.9 Å². The molecule has 0 amide bonds. The predicted molar refractivity (Wildman–Crippen MR) is 69.0 cm³/mol. The Hall–Kier alpha value is -1.14. The van der Waals surface area contributed by atoms with Gasteiger partial charge in [0.2, 0.25) is 0 Å². The second-order valence-electron chi connectivity index (χ2n) is 5.66. The number of aliphatic hydroxyl groups is 2. The van der Waals surface area contributed by atoms with Gasteiger partial charge < -0.3 is 10.2 Å². The van der Waals surface area contributed by atoms with Gasteiger partial charge in [-0.2, -0.15) is 13.2 Å². The lowest BCUT2D eigenvalue weighted by Gasteiger charge is -2.32. The van der Waals surface area contributed by atoms with E-state index in [4.69, 9.17) is 0 Å². The molecule has 6 heteroatoms. The Kier molecular flexibility index (Phi) is 4.58. The number of hydrogen-bond donors (Lipinski definition) is 2. The number of rotatable bonds is 2. The van der Waals surface area contributed by atoms with E-state index in [1.54, 1.807) is 0 Å². The van der Waals surface area contributed by atoms with Gasteiger partial charge in [0.05, 0.1) is 11.2 Å². The minimum absolute atomic E-state index is 0.104. The first-order valence-corrected chi connectivity index (χ1v) is 7.01. The van der Waals surface area contributed by atoms with Crippen molar-refractivity contribution in [1.82, 2.24) is 0 Å². The third-order valence-electron chi connectivity index (χ3n) is 4.09. The zero-order valence-electron chi connectivity index (χ0n) is 11.5. The third-order valence-corrected chi connectivity index (χ3v) is 4.09. The molecule has 2 N–H and O–H groups in total. The van der Waals surface area contributed by atoms with E-state index in [9.17, 15) is 27.8 Å². The van der Waals surface area contributed by atoms with E-state index >= 15 is 0 Å². The normalized spacial score (nSPS) is 20.9. The Morgan fingerprint density at radius 1 is 1.05 bits per heavy atom. The fourth-order valence-electron chi connectivity index (χ4n) is 2.85. The van der Waals surface area contributed by atoms with Crippen molar-refractivity contribution >= 4 is 0 Å². The molecule has 0 aromatic heterocycles. The quantitative estimate of drug-likeness (QED) is 0.641. The van der Waals surface area contributed by atoms with E-state index in [1.807, 2.05) is 0 Å². The molecule has 2 rings (SSSR count). The first kappa shape index (κ1) is 16.2. The summed E-state index contributed by atoms with van der Waals surface area (Å²) >= 11 is 0. The van der Waals surface area contributed by atoms with Crippen LogP contribution in [0.1, 0.15) is 55.8 Å². The maximum absolute atomic E-state index is 13.3. The van der Waals surface area contributed by atoms with Crippen molar-refractivity contribution in [3.8, 4) is 0 Å². The van der Waals surface area contributed by atoms with Gasteiger partial charge in [0.25, 0.3) is 0 Å². The zero-order valence-corrected chi connectivity index (χ0v) is 11.5. The lowest BCUT2D eigenvalue weighted by molar-refractivity contribution is -0.140. The maximum Gasteiger partial charge on any atom is 0.419 e. The number of aliphatic hydroxyl groups excluding tert-OH is 1. The number of benzene rings is 1. The summed E-state index contributed by atoms with van der Waals surface area (Å²) in [5, 5.41) is 20.8. The summed E-state index contributed by atoms with van der Waals surface area (Å²) in [6.07, 6.45) is -2.36. The summed E-state index contributed by atoms with van der Waals surface area (Å²) in [5.74, 6) is -1.38. The van der Waals surface area contributed by atoms with Gasteiger partial charge in [0.15, 0.2) is 0 Å². The molecule has 21 heavy (non-hydrogen) atoms. The van der Waals surface area contributed by atoms with Gasteiger partial charge in [-0.1, -0.05) is 31.7 Å². The number of halogens is 4. The van der Waals surface area contributed by atoms with Crippen molar-refractivity contribution in [2.45, 2.75) is 56.4 Å². The molecule has 1 aliphatic carbocycles. The molecule has 1 atom stereocenters. The van der Waals surface area contributed by atoms with E-state index in [0.29, 0.717) is 37.8 Å². The maximum atomic E-state index is 13.3. The monoisotopic (exact) mass is 306 g/mol. The molecule has 1 saturated carbocycles. The van der Waals surface area contributed by atoms with Gasteiger partial charge in [0.1, 0.15) is 11.9 Å². The molecule has 0 aliphatic heterocycles. The molecule has 1 aromatic carbocycles. The summed E-state index contributed by atoms with van der Waals surface area (Å²) in [6.45, 7) is 0. The standard InChI is InChI=1S/C15H18F4O2/c16-12-6-5-10(9-11(12)15(17,18)19)13(20)14(21)7-3-1-2-4-8-14/h5-6,9,13,20-21H,1-4,7-8H2. The van der Waals surface area contributed by atoms with Crippen molar-refractivity contribution < 1.29 is 27.8 Å². The smallest absolute Gasteiger partial charge is 0.387 e. The van der Waals surface area contributed by atoms with Gasteiger partial charge in [0, 0.05) is 0 Å². The molecule has 0 spiro atoms. The van der Waals surface area contributed by atoms with Crippen LogP contribution in [0.2, 0.25) is 0 Å². The van der Waals surface area contributed by atoms with Crippen LogP contribution in [-0.4, -0.2) is 15.8 Å². The molecule has 1 aromatic rings. The summed E-state index contributed by atoms with van der Waals surface area (Å²) in [6, 6.07) is 2.36. The van der Waals surface area contributed by atoms with Crippen molar-refractivity contribution in [1.29, 1.82) is 0 Å². The molecular weight excluding hydrogens is 288 g/mol. The average Bonchev–Trinajstić information content (AvgIpc) is 2.63. The molecule has 2 nitrogen and oxygen atoms in total. The van der Waals surface area contributed by atoms with E-state index in [-0.39, 0.29) is 5.56 Å². The first-order valence-electron chi connectivity index (χ1n) is 7.01. The third kappa shape index (κ3) is 3.55. The Morgan fingerprint density at radius 2 is 1.62 bits per heavy atom. The molecular formula is C15H18F4O2. The predicted octanol–water partition coefficient (Wildman–Crippen LogP) is 3.96. The van der Waals surface area contributed by atoms with Crippen LogP contribution in [0.4, 0.5) is 17.6 Å². The van der Waals surface area contributed by atoms with Crippen molar-refractivity contribution in [2.24, 2.45) is 0 Å². The SMILES string of the molecule is OC(c1ccc(F)c(C(F)(F)F)c1)C1(O)CCCCCC1. The molecule has 1 unspecified atom stereocenters. The van der Waals surface area contributed by atoms with Crippen molar-refractivity contribution in [3.63, 3.8) is 0 Å².